The monoisotopic (exact) mass is 425 g/mol. The highest BCUT2D eigenvalue weighted by molar-refractivity contribution is 7.19. The molecule has 158 valence electrons. The molecule has 2 aliphatic rings. The Morgan fingerprint density at radius 3 is 2.77 bits per heavy atom. The Balaban J connectivity index is 1.53. The summed E-state index contributed by atoms with van der Waals surface area (Å²) in [6.07, 6.45) is 3.51. The molecule has 3 aromatic rings. The van der Waals surface area contributed by atoms with Crippen molar-refractivity contribution in [3.8, 4) is 5.75 Å². The number of anilines is 2. The summed E-state index contributed by atoms with van der Waals surface area (Å²) < 4.78 is 10.8. The van der Waals surface area contributed by atoms with E-state index in [1.807, 2.05) is 35.6 Å². The molecular weight excluding hydrogens is 396 g/mol. The molecule has 6 nitrogen and oxygen atoms in total. The average Bonchev–Trinajstić information content (AvgIpc) is 3.12. The minimum atomic E-state index is 0.744. The molecule has 0 saturated carbocycles. The second-order valence-corrected chi connectivity index (χ2v) is 9.50. The molecule has 1 atom stereocenters. The lowest BCUT2D eigenvalue weighted by Crippen LogP contribution is -3.12. The summed E-state index contributed by atoms with van der Waals surface area (Å²) in [5, 5.41) is 4.81. The van der Waals surface area contributed by atoms with Crippen LogP contribution in [0, 0.1) is 5.92 Å². The number of fused-ring (bicyclic) bond motifs is 3. The molecule has 30 heavy (non-hydrogen) atoms. The van der Waals surface area contributed by atoms with E-state index in [1.54, 1.807) is 7.11 Å². The van der Waals surface area contributed by atoms with E-state index >= 15 is 0 Å². The third-order valence-electron chi connectivity index (χ3n) is 6.16. The Morgan fingerprint density at radius 2 is 2.00 bits per heavy atom. The number of thiophene rings is 1. The van der Waals surface area contributed by atoms with Gasteiger partial charge in [-0.25, -0.2) is 9.97 Å². The number of aromatic nitrogens is 2. The fourth-order valence-corrected chi connectivity index (χ4v) is 5.83. The van der Waals surface area contributed by atoms with Crippen LogP contribution in [0.5, 0.6) is 5.75 Å². The first-order valence-electron chi connectivity index (χ1n) is 10.8. The molecule has 1 aliphatic heterocycles. The molecule has 1 aromatic carbocycles. The van der Waals surface area contributed by atoms with Gasteiger partial charge in [-0.05, 0) is 55.0 Å². The van der Waals surface area contributed by atoms with E-state index in [1.165, 1.54) is 27.1 Å². The topological polar surface area (TPSA) is 60.7 Å². The van der Waals surface area contributed by atoms with E-state index in [0.29, 0.717) is 0 Å². The molecule has 7 heteroatoms. The summed E-state index contributed by atoms with van der Waals surface area (Å²) >= 11 is 1.87. The summed E-state index contributed by atoms with van der Waals surface area (Å²) in [5.41, 5.74) is 2.47. The fraction of sp³-hybridized carbons (Fsp3) is 0.478. The van der Waals surface area contributed by atoms with Gasteiger partial charge in [-0.3, -0.25) is 0 Å². The molecule has 2 N–H and O–H groups in total. The van der Waals surface area contributed by atoms with Crippen LogP contribution in [0.1, 0.15) is 29.6 Å². The Bertz CT molecular complexity index is 1030. The minimum Gasteiger partial charge on any atom is -0.497 e. The van der Waals surface area contributed by atoms with Gasteiger partial charge in [0, 0.05) is 10.6 Å². The zero-order chi connectivity index (χ0) is 20.5. The Hall–Kier alpha value is -2.22. The maximum Gasteiger partial charge on any atom is 0.187 e. The molecule has 0 bridgehead atoms. The van der Waals surface area contributed by atoms with Gasteiger partial charge in [-0.2, -0.15) is 0 Å². The van der Waals surface area contributed by atoms with Crippen LogP contribution in [0.2, 0.25) is 0 Å². The van der Waals surface area contributed by atoms with Crippen LogP contribution in [-0.4, -0.2) is 43.4 Å². The van der Waals surface area contributed by atoms with E-state index in [0.717, 1.165) is 79.5 Å². The first-order valence-corrected chi connectivity index (χ1v) is 11.6. The van der Waals surface area contributed by atoms with Gasteiger partial charge in [0.25, 0.3) is 0 Å². The second kappa shape index (κ2) is 8.49. The number of methoxy groups -OCH3 is 1. The van der Waals surface area contributed by atoms with Gasteiger partial charge in [-0.15, -0.1) is 11.3 Å². The number of aryl methyl sites for hydroxylation is 1. The maximum absolute atomic E-state index is 5.51. The van der Waals surface area contributed by atoms with Crippen molar-refractivity contribution >= 4 is 33.1 Å². The quantitative estimate of drug-likeness (QED) is 0.658. The summed E-state index contributed by atoms with van der Waals surface area (Å²) in [6.45, 7) is 6.86. The summed E-state index contributed by atoms with van der Waals surface area (Å²) in [5.74, 6) is 3.46. The van der Waals surface area contributed by atoms with Gasteiger partial charge >= 0.3 is 0 Å². The van der Waals surface area contributed by atoms with Gasteiger partial charge < -0.3 is 19.7 Å². The number of benzene rings is 1. The number of nitrogens with zero attached hydrogens (tertiary/aromatic N) is 2. The van der Waals surface area contributed by atoms with E-state index in [2.05, 4.69) is 12.2 Å². The van der Waals surface area contributed by atoms with Crippen molar-refractivity contribution in [3.05, 3.63) is 40.5 Å². The van der Waals surface area contributed by atoms with Crippen LogP contribution in [0.3, 0.4) is 0 Å². The van der Waals surface area contributed by atoms with Crippen molar-refractivity contribution in [2.75, 3.05) is 38.7 Å². The Kier molecular flexibility index (Phi) is 5.58. The highest BCUT2D eigenvalue weighted by atomic mass is 32.1. The van der Waals surface area contributed by atoms with Gasteiger partial charge in [-0.1, -0.05) is 6.92 Å². The predicted molar refractivity (Wildman–Crippen MR) is 120 cm³/mol. The number of ether oxygens (including phenoxy) is 2. The molecule has 1 saturated heterocycles. The SMILES string of the molecule is COc1ccc(Nc2nc(C[NH+]3CCOCC3)nc3sc4c(c23)CC[C@H](C)C4)cc1. The minimum absolute atomic E-state index is 0.744. The highest BCUT2D eigenvalue weighted by Crippen LogP contribution is 2.40. The summed E-state index contributed by atoms with van der Waals surface area (Å²) in [4.78, 5) is 14.2. The smallest absolute Gasteiger partial charge is 0.187 e. The number of quaternary nitrogens is 1. The lowest BCUT2D eigenvalue weighted by Gasteiger charge is -2.23. The van der Waals surface area contributed by atoms with Crippen molar-refractivity contribution in [3.63, 3.8) is 0 Å². The molecule has 5 rings (SSSR count). The van der Waals surface area contributed by atoms with Crippen molar-refractivity contribution in [2.24, 2.45) is 5.92 Å². The third-order valence-corrected chi connectivity index (χ3v) is 7.31. The van der Waals surface area contributed by atoms with Crippen molar-refractivity contribution in [1.29, 1.82) is 0 Å². The van der Waals surface area contributed by atoms with Crippen LogP contribution in [0.4, 0.5) is 11.5 Å². The normalized spacial score (nSPS) is 19.6. The van der Waals surface area contributed by atoms with Gasteiger partial charge in [0.2, 0.25) is 0 Å². The summed E-state index contributed by atoms with van der Waals surface area (Å²) in [6, 6.07) is 8.04. The van der Waals surface area contributed by atoms with Crippen molar-refractivity contribution in [1.82, 2.24) is 9.97 Å². The van der Waals surface area contributed by atoms with Gasteiger partial charge in [0.15, 0.2) is 5.82 Å². The number of morpholine rings is 1. The fourth-order valence-electron chi connectivity index (χ4n) is 4.43. The molecule has 0 spiro atoms. The lowest BCUT2D eigenvalue weighted by atomic mass is 9.89. The number of rotatable bonds is 5. The highest BCUT2D eigenvalue weighted by Gasteiger charge is 2.25. The van der Waals surface area contributed by atoms with Crippen LogP contribution >= 0.6 is 11.3 Å². The number of hydrogen-bond acceptors (Lipinski definition) is 6. The maximum atomic E-state index is 5.51. The lowest BCUT2D eigenvalue weighted by molar-refractivity contribution is -0.922. The standard InChI is InChI=1S/C23H28N4O2S/c1-15-3-8-18-19(13-15)30-23-21(18)22(24-16-4-6-17(28-2)7-5-16)25-20(26-23)14-27-9-11-29-12-10-27/h4-7,15H,3,8-14H2,1-2H3,(H,24,25,26)/p+1/t15-/m0/s1. The van der Waals surface area contributed by atoms with Gasteiger partial charge in [0.1, 0.15) is 36.0 Å². The van der Waals surface area contributed by atoms with Crippen LogP contribution in [-0.2, 0) is 24.1 Å². The number of hydrogen-bond donors (Lipinski definition) is 2. The van der Waals surface area contributed by atoms with E-state index in [9.17, 15) is 0 Å². The molecule has 0 unspecified atom stereocenters. The molecule has 3 heterocycles. The number of nitrogens with one attached hydrogen (secondary N) is 2. The molecule has 1 fully saturated rings. The average molecular weight is 426 g/mol. The van der Waals surface area contributed by atoms with Crippen molar-refractivity contribution in [2.45, 2.75) is 32.7 Å². The predicted octanol–water partition coefficient (Wildman–Crippen LogP) is 2.98. The van der Waals surface area contributed by atoms with E-state index in [-0.39, 0.29) is 0 Å². The zero-order valence-electron chi connectivity index (χ0n) is 17.7. The molecular formula is C23H29N4O2S+. The zero-order valence-corrected chi connectivity index (χ0v) is 18.5. The van der Waals surface area contributed by atoms with Crippen molar-refractivity contribution < 1.29 is 14.4 Å². The Morgan fingerprint density at radius 1 is 1.20 bits per heavy atom. The Labute approximate surface area is 181 Å². The molecule has 2 aromatic heterocycles. The van der Waals surface area contributed by atoms with E-state index < -0.39 is 0 Å². The molecule has 1 aliphatic carbocycles. The third kappa shape index (κ3) is 4.02. The summed E-state index contributed by atoms with van der Waals surface area (Å²) in [7, 11) is 1.69. The second-order valence-electron chi connectivity index (χ2n) is 8.41. The van der Waals surface area contributed by atoms with Crippen LogP contribution < -0.4 is 15.0 Å². The van der Waals surface area contributed by atoms with E-state index in [4.69, 9.17) is 19.4 Å². The van der Waals surface area contributed by atoms with Crippen LogP contribution in [0.15, 0.2) is 24.3 Å². The first kappa shape index (κ1) is 19.7. The van der Waals surface area contributed by atoms with Gasteiger partial charge in [0.05, 0.1) is 25.7 Å². The molecule has 0 amide bonds. The molecule has 0 radical (unpaired) electrons. The van der Waals surface area contributed by atoms with Crippen LogP contribution in [0.25, 0.3) is 10.2 Å². The first-order chi connectivity index (χ1) is 14.7. The largest absolute Gasteiger partial charge is 0.497 e.